The van der Waals surface area contributed by atoms with Crippen molar-refractivity contribution < 1.29 is 0 Å². The van der Waals surface area contributed by atoms with Crippen LogP contribution in [-0.2, 0) is 0 Å². The van der Waals surface area contributed by atoms with E-state index in [1.807, 2.05) is 0 Å². The Balaban J connectivity index is 3.33. The minimum atomic E-state index is 0.989. The van der Waals surface area contributed by atoms with Crippen LogP contribution in [0.2, 0.25) is 0 Å². The van der Waals surface area contributed by atoms with Crippen molar-refractivity contribution >= 4 is 0 Å². The molecule has 0 rings (SSSR count). The lowest BCUT2D eigenvalue weighted by molar-refractivity contribution is 0.411. The van der Waals surface area contributed by atoms with Crippen LogP contribution in [0.15, 0.2) is 12.2 Å². The zero-order valence-electron chi connectivity index (χ0n) is 13.2. The molecule has 0 spiro atoms. The van der Waals surface area contributed by atoms with Crippen LogP contribution in [0.5, 0.6) is 0 Å². The molecule has 0 aromatic carbocycles. The van der Waals surface area contributed by atoms with E-state index < -0.39 is 0 Å². The van der Waals surface area contributed by atoms with E-state index in [9.17, 15) is 0 Å². The molecule has 0 aliphatic carbocycles. The van der Waals surface area contributed by atoms with Gasteiger partial charge in [-0.3, -0.25) is 0 Å². The first-order chi connectivity index (χ1) is 8.85. The Kier molecular flexibility index (Phi) is 14.6. The van der Waals surface area contributed by atoms with Gasteiger partial charge in [-0.2, -0.15) is 0 Å². The summed E-state index contributed by atoms with van der Waals surface area (Å²) in [4.78, 5) is 0. The highest BCUT2D eigenvalue weighted by atomic mass is 14.1. The van der Waals surface area contributed by atoms with E-state index in [0.29, 0.717) is 0 Å². The minimum absolute atomic E-state index is 0.989. The topological polar surface area (TPSA) is 0 Å². The molecule has 0 bridgehead atoms. The first-order valence-corrected chi connectivity index (χ1v) is 8.50. The average molecular weight is 252 g/mol. The van der Waals surface area contributed by atoms with Crippen molar-refractivity contribution in [3.05, 3.63) is 12.2 Å². The SMILES string of the molecule is CCCCCC/C=C/CCCC(CC)CCCC. The van der Waals surface area contributed by atoms with Crippen molar-refractivity contribution in [2.24, 2.45) is 5.92 Å². The predicted octanol–water partition coefficient (Wildman–Crippen LogP) is 6.90. The second kappa shape index (κ2) is 14.8. The number of unbranched alkanes of at least 4 members (excludes halogenated alkanes) is 6. The molecule has 0 aromatic heterocycles. The van der Waals surface area contributed by atoms with E-state index in [2.05, 4.69) is 32.9 Å². The van der Waals surface area contributed by atoms with Gasteiger partial charge in [0.05, 0.1) is 0 Å². The molecule has 0 nitrogen and oxygen atoms in total. The van der Waals surface area contributed by atoms with Crippen LogP contribution in [0.3, 0.4) is 0 Å². The fraction of sp³-hybridized carbons (Fsp3) is 0.889. The molecular formula is C18H36. The van der Waals surface area contributed by atoms with Gasteiger partial charge in [0.1, 0.15) is 0 Å². The van der Waals surface area contributed by atoms with Gasteiger partial charge in [0.25, 0.3) is 0 Å². The predicted molar refractivity (Wildman–Crippen MR) is 85.1 cm³/mol. The Bertz CT molecular complexity index is 169. The third-order valence-corrected chi connectivity index (χ3v) is 3.92. The lowest BCUT2D eigenvalue weighted by atomic mass is 9.93. The summed E-state index contributed by atoms with van der Waals surface area (Å²) in [5, 5.41) is 0. The van der Waals surface area contributed by atoms with Crippen LogP contribution in [0.4, 0.5) is 0 Å². The van der Waals surface area contributed by atoms with Crippen molar-refractivity contribution in [2.75, 3.05) is 0 Å². The molecule has 0 radical (unpaired) electrons. The Hall–Kier alpha value is -0.260. The summed E-state index contributed by atoms with van der Waals surface area (Å²) in [6, 6.07) is 0. The molecular weight excluding hydrogens is 216 g/mol. The second-order valence-corrected chi connectivity index (χ2v) is 5.67. The molecule has 0 aromatic rings. The molecule has 0 heterocycles. The van der Waals surface area contributed by atoms with E-state index in [1.165, 1.54) is 77.0 Å². The monoisotopic (exact) mass is 252 g/mol. The van der Waals surface area contributed by atoms with Gasteiger partial charge in [-0.05, 0) is 31.6 Å². The maximum absolute atomic E-state index is 2.42. The second-order valence-electron chi connectivity index (χ2n) is 5.67. The number of allylic oxidation sites excluding steroid dienone is 2. The number of rotatable bonds is 13. The van der Waals surface area contributed by atoms with Crippen LogP contribution < -0.4 is 0 Å². The molecule has 1 unspecified atom stereocenters. The third-order valence-electron chi connectivity index (χ3n) is 3.92. The summed E-state index contributed by atoms with van der Waals surface area (Å²) in [5.74, 6) is 0.989. The molecule has 0 heteroatoms. The highest BCUT2D eigenvalue weighted by Crippen LogP contribution is 2.19. The number of hydrogen-bond donors (Lipinski definition) is 0. The van der Waals surface area contributed by atoms with Crippen molar-refractivity contribution in [3.8, 4) is 0 Å². The summed E-state index contributed by atoms with van der Waals surface area (Å²) < 4.78 is 0. The summed E-state index contributed by atoms with van der Waals surface area (Å²) in [6.45, 7) is 6.93. The fourth-order valence-electron chi connectivity index (χ4n) is 2.49. The van der Waals surface area contributed by atoms with Crippen molar-refractivity contribution in [3.63, 3.8) is 0 Å². The summed E-state index contributed by atoms with van der Waals surface area (Å²) in [6.07, 6.45) is 21.4. The third kappa shape index (κ3) is 12.2. The zero-order chi connectivity index (χ0) is 13.5. The van der Waals surface area contributed by atoms with Gasteiger partial charge in [0.15, 0.2) is 0 Å². The van der Waals surface area contributed by atoms with Crippen molar-refractivity contribution in [1.29, 1.82) is 0 Å². The Morgan fingerprint density at radius 1 is 0.667 bits per heavy atom. The first kappa shape index (κ1) is 17.7. The Labute approximate surface area is 116 Å². The van der Waals surface area contributed by atoms with Crippen molar-refractivity contribution in [2.45, 2.75) is 97.8 Å². The summed E-state index contributed by atoms with van der Waals surface area (Å²) in [5.41, 5.74) is 0. The Morgan fingerprint density at radius 2 is 1.28 bits per heavy atom. The molecule has 108 valence electrons. The van der Waals surface area contributed by atoms with Gasteiger partial charge in [-0.1, -0.05) is 84.3 Å². The largest absolute Gasteiger partial charge is 0.0885 e. The summed E-state index contributed by atoms with van der Waals surface area (Å²) >= 11 is 0. The molecule has 18 heavy (non-hydrogen) atoms. The van der Waals surface area contributed by atoms with Gasteiger partial charge in [0.2, 0.25) is 0 Å². The lowest BCUT2D eigenvalue weighted by Gasteiger charge is -2.13. The van der Waals surface area contributed by atoms with Crippen LogP contribution in [0, 0.1) is 5.92 Å². The Morgan fingerprint density at radius 3 is 1.89 bits per heavy atom. The maximum atomic E-state index is 2.42. The van der Waals surface area contributed by atoms with Crippen LogP contribution >= 0.6 is 0 Å². The molecule has 0 aliphatic heterocycles. The van der Waals surface area contributed by atoms with E-state index >= 15 is 0 Å². The smallest absolute Gasteiger partial charge is 0.0351 e. The van der Waals surface area contributed by atoms with Gasteiger partial charge in [-0.25, -0.2) is 0 Å². The quantitative estimate of drug-likeness (QED) is 0.247. The molecule has 0 fully saturated rings. The normalized spacial score (nSPS) is 13.3. The van der Waals surface area contributed by atoms with Gasteiger partial charge in [-0.15, -0.1) is 0 Å². The van der Waals surface area contributed by atoms with E-state index in [0.717, 1.165) is 5.92 Å². The van der Waals surface area contributed by atoms with Crippen LogP contribution in [-0.4, -0.2) is 0 Å². The molecule has 0 amide bonds. The molecule has 0 aliphatic rings. The summed E-state index contributed by atoms with van der Waals surface area (Å²) in [7, 11) is 0. The highest BCUT2D eigenvalue weighted by Gasteiger charge is 2.04. The van der Waals surface area contributed by atoms with Crippen LogP contribution in [0.25, 0.3) is 0 Å². The average Bonchev–Trinajstić information content (AvgIpc) is 2.40. The fourth-order valence-corrected chi connectivity index (χ4v) is 2.49. The highest BCUT2D eigenvalue weighted by molar-refractivity contribution is 4.81. The first-order valence-electron chi connectivity index (χ1n) is 8.50. The van der Waals surface area contributed by atoms with E-state index in [4.69, 9.17) is 0 Å². The van der Waals surface area contributed by atoms with E-state index in [-0.39, 0.29) is 0 Å². The minimum Gasteiger partial charge on any atom is -0.0885 e. The molecule has 0 N–H and O–H groups in total. The van der Waals surface area contributed by atoms with Gasteiger partial charge >= 0.3 is 0 Å². The zero-order valence-corrected chi connectivity index (χ0v) is 13.2. The van der Waals surface area contributed by atoms with Gasteiger partial charge in [0, 0.05) is 0 Å². The maximum Gasteiger partial charge on any atom is -0.0351 e. The molecule has 0 saturated heterocycles. The molecule has 1 atom stereocenters. The number of hydrogen-bond acceptors (Lipinski definition) is 0. The van der Waals surface area contributed by atoms with Crippen LogP contribution in [0.1, 0.15) is 97.8 Å². The standard InChI is InChI=1S/C18H36/c1-4-7-9-10-11-12-13-14-15-17-18(6-3)16-8-5-2/h12-13,18H,4-11,14-17H2,1-3H3/b13-12+. The van der Waals surface area contributed by atoms with Crippen molar-refractivity contribution in [1.82, 2.24) is 0 Å². The van der Waals surface area contributed by atoms with E-state index in [1.54, 1.807) is 0 Å². The molecule has 0 saturated carbocycles. The van der Waals surface area contributed by atoms with Gasteiger partial charge < -0.3 is 0 Å². The lowest BCUT2D eigenvalue weighted by Crippen LogP contribution is -1.98.